The highest BCUT2D eigenvalue weighted by molar-refractivity contribution is 6.09. The van der Waals surface area contributed by atoms with E-state index in [2.05, 4.69) is 11.9 Å². The molecule has 0 unspecified atom stereocenters. The highest BCUT2D eigenvalue weighted by Crippen LogP contribution is 2.22. The van der Waals surface area contributed by atoms with Gasteiger partial charge in [-0.15, -0.1) is 0 Å². The number of ketones is 1. The largest absolute Gasteiger partial charge is 0.497 e. The van der Waals surface area contributed by atoms with Crippen LogP contribution in [0.2, 0.25) is 0 Å². The Morgan fingerprint density at radius 1 is 1.11 bits per heavy atom. The molecule has 0 saturated carbocycles. The molecule has 2 aromatic carbocycles. The third-order valence-corrected chi connectivity index (χ3v) is 4.36. The second kappa shape index (κ2) is 8.36. The van der Waals surface area contributed by atoms with E-state index in [0.717, 1.165) is 34.2 Å². The number of hydrogen-bond acceptors (Lipinski definition) is 4. The van der Waals surface area contributed by atoms with Crippen molar-refractivity contribution in [2.24, 2.45) is 0 Å². The number of aryl methyl sites for hydroxylation is 1. The van der Waals surface area contributed by atoms with Crippen molar-refractivity contribution in [2.45, 2.75) is 13.3 Å². The molecule has 0 spiro atoms. The van der Waals surface area contributed by atoms with Crippen LogP contribution in [0.25, 0.3) is 17.0 Å². The third kappa shape index (κ3) is 4.26. The topological polar surface area (TPSA) is 68.4 Å². The van der Waals surface area contributed by atoms with Crippen LogP contribution in [0.15, 0.2) is 54.7 Å². The Kier molecular flexibility index (Phi) is 5.71. The van der Waals surface area contributed by atoms with Crippen LogP contribution in [0.3, 0.4) is 0 Å². The summed E-state index contributed by atoms with van der Waals surface area (Å²) >= 11 is 0. The number of aromatic amines is 1. The zero-order chi connectivity index (χ0) is 19.2. The third-order valence-electron chi connectivity index (χ3n) is 4.36. The van der Waals surface area contributed by atoms with Crippen LogP contribution in [-0.2, 0) is 16.0 Å². The van der Waals surface area contributed by atoms with Gasteiger partial charge in [0.05, 0.1) is 7.11 Å². The second-order valence-corrected chi connectivity index (χ2v) is 6.03. The van der Waals surface area contributed by atoms with Crippen LogP contribution in [0.1, 0.15) is 28.4 Å². The first-order valence-electron chi connectivity index (χ1n) is 8.73. The van der Waals surface area contributed by atoms with Crippen LogP contribution in [0.4, 0.5) is 0 Å². The number of carbonyl (C=O) groups excluding carboxylic acids is 2. The molecule has 1 N–H and O–H groups in total. The fourth-order valence-corrected chi connectivity index (χ4v) is 2.88. The molecule has 1 aromatic heterocycles. The molecule has 1 heterocycles. The zero-order valence-corrected chi connectivity index (χ0v) is 15.3. The number of carbonyl (C=O) groups is 2. The number of H-pyrrole nitrogens is 1. The molecule has 0 fully saturated rings. The number of Topliss-reactive ketones (excluding diaryl/α,β-unsaturated/α-hetero) is 1. The number of methoxy groups -OCH3 is 1. The van der Waals surface area contributed by atoms with E-state index in [1.165, 1.54) is 6.08 Å². The lowest BCUT2D eigenvalue weighted by Crippen LogP contribution is -2.12. The molecule has 0 saturated heterocycles. The number of nitrogens with one attached hydrogen (secondary N) is 1. The summed E-state index contributed by atoms with van der Waals surface area (Å²) in [5, 5.41) is 0.851. The monoisotopic (exact) mass is 363 g/mol. The van der Waals surface area contributed by atoms with E-state index in [-0.39, 0.29) is 12.4 Å². The van der Waals surface area contributed by atoms with Gasteiger partial charge in [-0.05, 0) is 35.8 Å². The molecule has 5 nitrogen and oxygen atoms in total. The van der Waals surface area contributed by atoms with Crippen molar-refractivity contribution in [3.63, 3.8) is 0 Å². The van der Waals surface area contributed by atoms with Crippen LogP contribution < -0.4 is 4.74 Å². The molecule has 3 rings (SSSR count). The molecule has 0 aliphatic heterocycles. The van der Waals surface area contributed by atoms with Crippen LogP contribution in [0.5, 0.6) is 5.75 Å². The lowest BCUT2D eigenvalue weighted by molar-refractivity contribution is -0.136. The number of para-hydroxylation sites is 1. The Hall–Kier alpha value is -3.34. The molecule has 3 aromatic rings. The van der Waals surface area contributed by atoms with Gasteiger partial charge in [0.1, 0.15) is 5.75 Å². The molecule has 5 heteroatoms. The molecule has 0 radical (unpaired) electrons. The predicted molar refractivity (Wildman–Crippen MR) is 105 cm³/mol. The number of aromatic nitrogens is 1. The maximum absolute atomic E-state index is 12.4. The standard InChI is InChI=1S/C22H21NO4/c1-3-16-5-4-6-18-19(13-23-22(16)18)20(24)14-27-21(25)12-9-15-7-10-17(26-2)11-8-15/h4-13,23H,3,14H2,1-2H3/b12-9+. The van der Waals surface area contributed by atoms with Crippen LogP contribution in [-0.4, -0.2) is 30.5 Å². The molecule has 0 amide bonds. The number of ether oxygens (including phenoxy) is 2. The summed E-state index contributed by atoms with van der Waals surface area (Å²) in [6, 6.07) is 13.1. The van der Waals surface area contributed by atoms with E-state index in [1.54, 1.807) is 31.5 Å². The van der Waals surface area contributed by atoms with E-state index < -0.39 is 5.97 Å². The van der Waals surface area contributed by atoms with Gasteiger partial charge in [0.2, 0.25) is 5.78 Å². The second-order valence-electron chi connectivity index (χ2n) is 6.03. The van der Waals surface area contributed by atoms with Crippen LogP contribution in [0, 0.1) is 0 Å². The van der Waals surface area contributed by atoms with E-state index in [9.17, 15) is 9.59 Å². The van der Waals surface area contributed by atoms with Gasteiger partial charge in [-0.2, -0.15) is 0 Å². The summed E-state index contributed by atoms with van der Waals surface area (Å²) in [5.74, 6) is -0.0563. The van der Waals surface area contributed by atoms with Crippen molar-refractivity contribution < 1.29 is 19.1 Å². The average Bonchev–Trinajstić information content (AvgIpc) is 3.15. The Bertz CT molecular complexity index is 983. The van der Waals surface area contributed by atoms with E-state index in [1.807, 2.05) is 30.3 Å². The summed E-state index contributed by atoms with van der Waals surface area (Å²) in [6.07, 6.45) is 5.48. The van der Waals surface area contributed by atoms with E-state index in [4.69, 9.17) is 9.47 Å². The van der Waals surface area contributed by atoms with Gasteiger partial charge >= 0.3 is 5.97 Å². The van der Waals surface area contributed by atoms with E-state index >= 15 is 0 Å². The molecule has 0 atom stereocenters. The quantitative estimate of drug-likeness (QED) is 0.388. The number of rotatable bonds is 7. The zero-order valence-electron chi connectivity index (χ0n) is 15.3. The first-order chi connectivity index (χ1) is 13.1. The normalized spacial score (nSPS) is 11.0. The number of hydrogen-bond donors (Lipinski definition) is 1. The molecule has 27 heavy (non-hydrogen) atoms. The first kappa shape index (κ1) is 18.5. The smallest absolute Gasteiger partial charge is 0.331 e. The SMILES string of the molecule is CCc1cccc2c(C(=O)COC(=O)/C=C/c3ccc(OC)cc3)c[nH]c12. The average molecular weight is 363 g/mol. The molecule has 0 bridgehead atoms. The van der Waals surface area contributed by atoms with Crippen molar-refractivity contribution in [1.29, 1.82) is 0 Å². The lowest BCUT2D eigenvalue weighted by Gasteiger charge is -2.02. The fourth-order valence-electron chi connectivity index (χ4n) is 2.88. The van der Waals surface area contributed by atoms with Gasteiger partial charge in [0, 0.05) is 28.7 Å². The van der Waals surface area contributed by atoms with Crippen molar-refractivity contribution in [3.05, 3.63) is 71.4 Å². The fraction of sp³-hybridized carbons (Fsp3) is 0.182. The minimum absolute atomic E-state index is 0.235. The first-order valence-corrected chi connectivity index (χ1v) is 8.73. The van der Waals surface area contributed by atoms with Gasteiger partial charge in [0.25, 0.3) is 0 Å². The molecule has 0 aliphatic rings. The molecule has 0 aliphatic carbocycles. The summed E-state index contributed by atoms with van der Waals surface area (Å²) in [5.41, 5.74) is 3.47. The van der Waals surface area contributed by atoms with Crippen molar-refractivity contribution in [2.75, 3.05) is 13.7 Å². The summed E-state index contributed by atoms with van der Waals surface area (Å²) in [7, 11) is 1.59. The Morgan fingerprint density at radius 2 is 1.89 bits per heavy atom. The van der Waals surface area contributed by atoms with Gasteiger partial charge in [-0.3, -0.25) is 4.79 Å². The van der Waals surface area contributed by atoms with Gasteiger partial charge in [0.15, 0.2) is 6.61 Å². The maximum atomic E-state index is 12.4. The van der Waals surface area contributed by atoms with Gasteiger partial charge < -0.3 is 14.5 Å². The lowest BCUT2D eigenvalue weighted by atomic mass is 10.1. The Morgan fingerprint density at radius 3 is 2.59 bits per heavy atom. The molecular weight excluding hydrogens is 342 g/mol. The van der Waals surface area contributed by atoms with Gasteiger partial charge in [-0.1, -0.05) is 37.3 Å². The minimum Gasteiger partial charge on any atom is -0.497 e. The number of fused-ring (bicyclic) bond motifs is 1. The summed E-state index contributed by atoms with van der Waals surface area (Å²) in [6.45, 7) is 1.77. The summed E-state index contributed by atoms with van der Waals surface area (Å²) < 4.78 is 10.2. The Balaban J connectivity index is 1.61. The van der Waals surface area contributed by atoms with Crippen LogP contribution >= 0.6 is 0 Å². The maximum Gasteiger partial charge on any atom is 0.331 e. The van der Waals surface area contributed by atoms with Crippen molar-refractivity contribution in [3.8, 4) is 5.75 Å². The minimum atomic E-state index is -0.562. The van der Waals surface area contributed by atoms with E-state index in [0.29, 0.717) is 5.56 Å². The molecular formula is C22H21NO4. The van der Waals surface area contributed by atoms with Gasteiger partial charge in [-0.25, -0.2) is 4.79 Å². The highest BCUT2D eigenvalue weighted by Gasteiger charge is 2.14. The predicted octanol–water partition coefficient (Wildman–Crippen LogP) is 4.18. The molecule has 138 valence electrons. The summed E-state index contributed by atoms with van der Waals surface area (Å²) in [4.78, 5) is 27.5. The highest BCUT2D eigenvalue weighted by atomic mass is 16.5. The Labute approximate surface area is 157 Å². The van der Waals surface area contributed by atoms with Crippen molar-refractivity contribution >= 4 is 28.7 Å². The number of benzene rings is 2. The van der Waals surface area contributed by atoms with Crippen molar-refractivity contribution in [1.82, 2.24) is 4.98 Å². The number of esters is 1.